The number of hydrogen-bond donors (Lipinski definition) is 2. The van der Waals surface area contributed by atoms with Crippen LogP contribution in [-0.2, 0) is 13.7 Å². The van der Waals surface area contributed by atoms with Gasteiger partial charge in [0.25, 0.3) is 0 Å². The van der Waals surface area contributed by atoms with Gasteiger partial charge in [-0.1, -0.05) is 51.1 Å². The lowest BCUT2D eigenvalue weighted by molar-refractivity contribution is 0.205. The second-order valence-corrected chi connectivity index (χ2v) is 8.00. The van der Waals surface area contributed by atoms with E-state index in [0.29, 0.717) is 5.41 Å². The molecule has 0 fully saturated rings. The molecule has 1 rings (SSSR count). The molecule has 0 aliphatic carbocycles. The van der Waals surface area contributed by atoms with Crippen LogP contribution >= 0.6 is 21.4 Å². The number of rotatable bonds is 0. The molecule has 1 amide bonds. The summed E-state index contributed by atoms with van der Waals surface area (Å²) in [6.45, 7) is 6.67. The summed E-state index contributed by atoms with van der Waals surface area (Å²) in [7, 11) is 4.81. The first-order valence-electron chi connectivity index (χ1n) is 5.02. The van der Waals surface area contributed by atoms with Gasteiger partial charge in [-0.05, 0) is 11.0 Å². The van der Waals surface area contributed by atoms with Gasteiger partial charge in [0.1, 0.15) is 0 Å². The van der Waals surface area contributed by atoms with Crippen molar-refractivity contribution in [3.63, 3.8) is 0 Å². The Hall–Kier alpha value is -0.980. The Bertz CT molecular complexity index is 457. The van der Waals surface area contributed by atoms with Crippen LogP contribution in [0.1, 0.15) is 26.3 Å². The number of amides is 1. The van der Waals surface area contributed by atoms with Crippen LogP contribution < -0.4 is 5.73 Å². The molecule has 0 saturated heterocycles. The zero-order valence-corrected chi connectivity index (χ0v) is 13.1. The Kier molecular flexibility index (Phi) is 9.64. The average Bonchev–Trinajstić information content (AvgIpc) is 2.14. The van der Waals surface area contributed by atoms with E-state index in [1.807, 2.05) is 0 Å². The smallest absolute Gasteiger partial charge is 0.402 e. The zero-order chi connectivity index (χ0) is 15.7. The van der Waals surface area contributed by atoms with Gasteiger partial charge in [-0.25, -0.2) is 4.79 Å². The van der Waals surface area contributed by atoms with Gasteiger partial charge in [0.05, 0.1) is 0 Å². The fraction of sp³-hybridized carbons (Fsp3) is 0.364. The minimum Gasteiger partial charge on any atom is -0.465 e. The number of hydrogen-bond acceptors (Lipinski definition) is 3. The molecule has 8 heteroatoms. The Balaban J connectivity index is 0. The Labute approximate surface area is 122 Å². The minimum atomic E-state index is -3.72. The van der Waals surface area contributed by atoms with Gasteiger partial charge in [0.2, 0.25) is 0 Å². The normalized spacial score (nSPS) is 10.4. The summed E-state index contributed by atoms with van der Waals surface area (Å²) in [5.74, 6) is 0. The average molecular weight is 330 g/mol. The van der Waals surface area contributed by atoms with E-state index >= 15 is 0 Å². The predicted molar refractivity (Wildman–Crippen MR) is 78.0 cm³/mol. The summed E-state index contributed by atoms with van der Waals surface area (Å²) in [5.41, 5.74) is 5.72. The molecule has 0 aliphatic heterocycles. The molecular formula is C11H17Cl2NO4S. The quantitative estimate of drug-likeness (QED) is 0.713. The van der Waals surface area contributed by atoms with Crippen LogP contribution in [0.15, 0.2) is 30.3 Å². The van der Waals surface area contributed by atoms with Crippen molar-refractivity contribution in [2.45, 2.75) is 26.2 Å². The molecule has 0 radical (unpaired) electrons. The second kappa shape index (κ2) is 9.01. The molecule has 110 valence electrons. The monoisotopic (exact) mass is 329 g/mol. The zero-order valence-electron chi connectivity index (χ0n) is 10.8. The fourth-order valence-electron chi connectivity index (χ4n) is 0.938. The van der Waals surface area contributed by atoms with Crippen LogP contribution in [0.2, 0.25) is 0 Å². The summed E-state index contributed by atoms with van der Waals surface area (Å²) in [5, 5.41) is 7.19. The van der Waals surface area contributed by atoms with Gasteiger partial charge < -0.3 is 10.8 Å². The molecule has 5 nitrogen and oxygen atoms in total. The van der Waals surface area contributed by atoms with E-state index in [2.05, 4.69) is 78.2 Å². The van der Waals surface area contributed by atoms with E-state index in [4.69, 9.17) is 18.3 Å². The minimum absolute atomic E-state index is 0.293. The van der Waals surface area contributed by atoms with Crippen molar-refractivity contribution < 1.29 is 18.3 Å². The molecule has 0 saturated carbocycles. The molecule has 0 aliphatic rings. The highest BCUT2D eigenvalue weighted by molar-refractivity contribution is 8.31. The summed E-state index contributed by atoms with van der Waals surface area (Å²) in [6.07, 6.45) is -1.33. The molecule has 0 unspecified atom stereocenters. The van der Waals surface area contributed by atoms with E-state index in [0.717, 1.165) is 0 Å². The highest BCUT2D eigenvalue weighted by atomic mass is 36.0. The lowest BCUT2D eigenvalue weighted by Crippen LogP contribution is -2.10. The largest absolute Gasteiger partial charge is 0.465 e. The summed E-state index contributed by atoms with van der Waals surface area (Å²) in [6, 6.07) is 10.6. The first-order chi connectivity index (χ1) is 8.34. The van der Waals surface area contributed by atoms with Crippen LogP contribution in [0.25, 0.3) is 0 Å². The number of benzene rings is 1. The number of halogens is 2. The first kappa shape index (κ1) is 20.3. The van der Waals surface area contributed by atoms with Crippen molar-refractivity contribution in [1.29, 1.82) is 0 Å². The van der Waals surface area contributed by atoms with Gasteiger partial charge in [-0.2, -0.15) is 8.42 Å². The third-order valence-corrected chi connectivity index (χ3v) is 1.64. The maximum absolute atomic E-state index is 9.16. The molecule has 3 N–H and O–H groups in total. The highest BCUT2D eigenvalue weighted by Crippen LogP contribution is 2.20. The fourth-order valence-corrected chi connectivity index (χ4v) is 0.938. The van der Waals surface area contributed by atoms with Crippen molar-refractivity contribution in [3.8, 4) is 0 Å². The van der Waals surface area contributed by atoms with Gasteiger partial charge in [0.15, 0.2) is 0 Å². The van der Waals surface area contributed by atoms with Crippen molar-refractivity contribution >= 4 is 35.7 Å². The molecule has 1 aromatic carbocycles. The van der Waals surface area contributed by atoms with Crippen LogP contribution in [0.5, 0.6) is 0 Å². The molecular weight excluding hydrogens is 313 g/mol. The number of primary amides is 1. The van der Waals surface area contributed by atoms with Crippen LogP contribution in [-0.4, -0.2) is 19.6 Å². The molecule has 0 atom stereocenters. The number of carboxylic acid groups (broad SMARTS) is 1. The van der Waals surface area contributed by atoms with Gasteiger partial charge in [0, 0.05) is 21.4 Å². The van der Waals surface area contributed by atoms with Gasteiger partial charge in [-0.3, -0.25) is 0 Å². The molecule has 1 aromatic rings. The Morgan fingerprint density at radius 3 is 1.58 bits per heavy atom. The van der Waals surface area contributed by atoms with E-state index in [1.165, 1.54) is 5.56 Å². The Morgan fingerprint density at radius 2 is 1.42 bits per heavy atom. The SMILES string of the molecule is CC(C)(C)c1ccccc1.NC(=O)O.O=S(=O)(Cl)Cl. The van der Waals surface area contributed by atoms with Crippen molar-refractivity contribution in [2.24, 2.45) is 5.73 Å². The van der Waals surface area contributed by atoms with Crippen LogP contribution in [0.3, 0.4) is 0 Å². The number of nitrogens with two attached hydrogens (primary N) is 1. The van der Waals surface area contributed by atoms with Gasteiger partial charge >= 0.3 is 14.4 Å². The highest BCUT2D eigenvalue weighted by Gasteiger charge is 2.11. The lowest BCUT2D eigenvalue weighted by Gasteiger charge is -2.18. The van der Waals surface area contributed by atoms with E-state index in [9.17, 15) is 0 Å². The Morgan fingerprint density at radius 1 is 1.16 bits per heavy atom. The molecule has 0 bridgehead atoms. The molecule has 0 spiro atoms. The van der Waals surface area contributed by atoms with Gasteiger partial charge in [-0.15, -0.1) is 0 Å². The maximum atomic E-state index is 9.16. The maximum Gasteiger partial charge on any atom is 0.402 e. The first-order valence-corrected chi connectivity index (χ1v) is 8.15. The van der Waals surface area contributed by atoms with Crippen LogP contribution in [0.4, 0.5) is 4.79 Å². The summed E-state index contributed by atoms with van der Waals surface area (Å²) >= 11 is 0. The molecule has 0 aromatic heterocycles. The predicted octanol–water partition coefficient (Wildman–Crippen LogP) is 3.32. The topological polar surface area (TPSA) is 97.5 Å². The van der Waals surface area contributed by atoms with Crippen LogP contribution in [0, 0.1) is 0 Å². The third-order valence-electron chi connectivity index (χ3n) is 1.64. The van der Waals surface area contributed by atoms with E-state index in [-0.39, 0.29) is 0 Å². The van der Waals surface area contributed by atoms with Crippen molar-refractivity contribution in [1.82, 2.24) is 0 Å². The lowest BCUT2D eigenvalue weighted by atomic mass is 9.87. The van der Waals surface area contributed by atoms with E-state index < -0.39 is 14.4 Å². The van der Waals surface area contributed by atoms with E-state index in [1.54, 1.807) is 0 Å². The third kappa shape index (κ3) is 22.7. The summed E-state index contributed by atoms with van der Waals surface area (Å²) < 4.78 is 18.3. The second-order valence-electron chi connectivity index (χ2n) is 4.33. The molecule has 0 heterocycles. The number of carbonyl (C=O) groups is 1. The molecule has 19 heavy (non-hydrogen) atoms. The van der Waals surface area contributed by atoms with Crippen molar-refractivity contribution in [2.75, 3.05) is 0 Å². The standard InChI is InChI=1S/C10H14.CH3NO2.Cl2O2S/c1-10(2,3)9-7-5-4-6-8-9;2-1(3)4;1-5(2,3)4/h4-8H,1-3H3;2H2,(H,3,4);. The summed E-state index contributed by atoms with van der Waals surface area (Å²) in [4.78, 5) is 8.78. The van der Waals surface area contributed by atoms with Crippen molar-refractivity contribution in [3.05, 3.63) is 35.9 Å².